The molecule has 3 rings (SSSR count). The fourth-order valence-electron chi connectivity index (χ4n) is 3.60. The Balaban J connectivity index is 1.77. The van der Waals surface area contributed by atoms with Crippen LogP contribution < -0.4 is 10.6 Å². The first-order valence-corrected chi connectivity index (χ1v) is 15.5. The summed E-state index contributed by atoms with van der Waals surface area (Å²) in [5, 5.41) is 16.2. The van der Waals surface area contributed by atoms with Crippen molar-refractivity contribution >= 4 is 63.2 Å². The normalized spacial score (nSPS) is 11.6. The second-order valence-corrected chi connectivity index (χ2v) is 11.8. The maximum Gasteiger partial charge on any atom is 0.348 e. The standard InChI is InChI=1S/C26H33N5O6S3/c1-6-9-12-31-18(14-27-22(33)17-11-10-13-38-17)29-30-26(31)39-16(5)21(32)28-23-19(24(34)36-7-2)15(4)20(40-23)25(35)37-8-3/h10-11,13,16H,6-9,12,14H2,1-5H3,(H,27,33)(H,28,32)/t16-/m0/s1. The quantitative estimate of drug-likeness (QED) is 0.193. The zero-order chi connectivity index (χ0) is 29.2. The first kappa shape index (κ1) is 31.3. The van der Waals surface area contributed by atoms with Gasteiger partial charge in [0, 0.05) is 6.54 Å². The molecule has 3 aromatic rings. The first-order valence-electron chi connectivity index (χ1n) is 12.9. The predicted octanol–water partition coefficient (Wildman–Crippen LogP) is 4.91. The van der Waals surface area contributed by atoms with E-state index in [0.29, 0.717) is 28.0 Å². The van der Waals surface area contributed by atoms with Crippen LogP contribution in [-0.4, -0.2) is 57.0 Å². The van der Waals surface area contributed by atoms with Crippen molar-refractivity contribution in [1.29, 1.82) is 0 Å². The van der Waals surface area contributed by atoms with Crippen LogP contribution >= 0.6 is 34.4 Å². The summed E-state index contributed by atoms with van der Waals surface area (Å²) in [6.07, 6.45) is 1.81. The van der Waals surface area contributed by atoms with Crippen molar-refractivity contribution in [3.63, 3.8) is 0 Å². The summed E-state index contributed by atoms with van der Waals surface area (Å²) in [4.78, 5) is 51.6. The molecule has 0 aliphatic rings. The number of carbonyl (C=O) groups excluding carboxylic acids is 4. The van der Waals surface area contributed by atoms with Crippen molar-refractivity contribution in [3.05, 3.63) is 44.2 Å². The third-order valence-electron chi connectivity index (χ3n) is 5.66. The SMILES string of the molecule is CCCCn1c(CNC(=O)c2cccs2)nnc1S[C@@H](C)C(=O)Nc1sc(C(=O)OCC)c(C)c1C(=O)OCC. The van der Waals surface area contributed by atoms with Gasteiger partial charge in [-0.25, -0.2) is 9.59 Å². The van der Waals surface area contributed by atoms with Crippen LogP contribution in [0.25, 0.3) is 0 Å². The zero-order valence-electron chi connectivity index (χ0n) is 23.1. The molecule has 1 atom stereocenters. The van der Waals surface area contributed by atoms with E-state index in [2.05, 4.69) is 27.8 Å². The van der Waals surface area contributed by atoms with Crippen LogP contribution in [0.1, 0.15) is 81.6 Å². The number of nitrogens with zero attached hydrogens (tertiary/aromatic N) is 3. The van der Waals surface area contributed by atoms with Gasteiger partial charge in [0.25, 0.3) is 5.91 Å². The Morgan fingerprint density at radius 1 is 1.10 bits per heavy atom. The lowest BCUT2D eigenvalue weighted by Gasteiger charge is -2.14. The molecule has 2 N–H and O–H groups in total. The number of esters is 2. The molecule has 0 radical (unpaired) electrons. The number of thiophene rings is 2. The Labute approximate surface area is 245 Å². The van der Waals surface area contributed by atoms with E-state index in [4.69, 9.17) is 9.47 Å². The van der Waals surface area contributed by atoms with Gasteiger partial charge < -0.3 is 24.7 Å². The number of carbonyl (C=O) groups is 4. The number of nitrogens with one attached hydrogen (secondary N) is 2. The van der Waals surface area contributed by atoms with Gasteiger partial charge in [0.05, 0.1) is 35.4 Å². The fraction of sp³-hybridized carbons (Fsp3) is 0.462. The molecule has 11 nitrogen and oxygen atoms in total. The summed E-state index contributed by atoms with van der Waals surface area (Å²) in [5.74, 6) is -1.18. The van der Waals surface area contributed by atoms with Crippen molar-refractivity contribution in [1.82, 2.24) is 20.1 Å². The van der Waals surface area contributed by atoms with Crippen LogP contribution in [0.2, 0.25) is 0 Å². The molecule has 14 heteroatoms. The first-order chi connectivity index (χ1) is 19.2. The molecule has 40 heavy (non-hydrogen) atoms. The van der Waals surface area contributed by atoms with Gasteiger partial charge >= 0.3 is 11.9 Å². The second-order valence-electron chi connectivity index (χ2n) is 8.51. The van der Waals surface area contributed by atoms with Gasteiger partial charge in [0.1, 0.15) is 9.88 Å². The minimum atomic E-state index is -0.629. The molecule has 0 saturated carbocycles. The van der Waals surface area contributed by atoms with E-state index in [9.17, 15) is 19.2 Å². The van der Waals surface area contributed by atoms with Crippen molar-refractivity contribution in [2.24, 2.45) is 0 Å². The number of rotatable bonds is 14. The number of amides is 2. The Bertz CT molecular complexity index is 1330. The minimum Gasteiger partial charge on any atom is -0.462 e. The molecule has 0 bridgehead atoms. The van der Waals surface area contributed by atoms with Gasteiger partial charge in [-0.3, -0.25) is 9.59 Å². The Kier molecular flexibility index (Phi) is 11.7. The number of aromatic nitrogens is 3. The number of anilines is 1. The van der Waals surface area contributed by atoms with E-state index in [1.54, 1.807) is 33.8 Å². The van der Waals surface area contributed by atoms with Crippen LogP contribution in [0.15, 0.2) is 22.7 Å². The molecule has 0 saturated heterocycles. The maximum absolute atomic E-state index is 13.2. The second kappa shape index (κ2) is 15.0. The van der Waals surface area contributed by atoms with Gasteiger partial charge in [0.2, 0.25) is 5.91 Å². The largest absolute Gasteiger partial charge is 0.462 e. The number of hydrogen-bond donors (Lipinski definition) is 2. The number of thioether (sulfide) groups is 1. The van der Waals surface area contributed by atoms with Crippen molar-refractivity contribution in [2.75, 3.05) is 18.5 Å². The molecule has 0 aliphatic heterocycles. The van der Waals surface area contributed by atoms with E-state index in [1.807, 2.05) is 16.0 Å². The molecule has 3 aromatic heterocycles. The lowest BCUT2D eigenvalue weighted by atomic mass is 10.1. The molecule has 216 valence electrons. The van der Waals surface area contributed by atoms with Gasteiger partial charge in [-0.05, 0) is 51.1 Å². The van der Waals surface area contributed by atoms with Gasteiger partial charge in [-0.1, -0.05) is 31.2 Å². The maximum atomic E-state index is 13.2. The monoisotopic (exact) mass is 607 g/mol. The Hall–Kier alpha value is -3.23. The minimum absolute atomic E-state index is 0.135. The summed E-state index contributed by atoms with van der Waals surface area (Å²) in [6.45, 7) is 9.93. The Morgan fingerprint density at radius 2 is 1.82 bits per heavy atom. The highest BCUT2D eigenvalue weighted by Gasteiger charge is 2.29. The van der Waals surface area contributed by atoms with E-state index >= 15 is 0 Å². The van der Waals surface area contributed by atoms with Crippen LogP contribution in [0.5, 0.6) is 0 Å². The summed E-state index contributed by atoms with van der Waals surface area (Å²) in [7, 11) is 0. The summed E-state index contributed by atoms with van der Waals surface area (Å²) in [6, 6.07) is 3.57. The van der Waals surface area contributed by atoms with E-state index in [-0.39, 0.29) is 47.0 Å². The molecule has 0 aromatic carbocycles. The average Bonchev–Trinajstić information content (AvgIpc) is 3.66. The predicted molar refractivity (Wildman–Crippen MR) is 155 cm³/mol. The van der Waals surface area contributed by atoms with Crippen LogP contribution in [-0.2, 0) is 27.4 Å². The zero-order valence-corrected chi connectivity index (χ0v) is 25.5. The van der Waals surface area contributed by atoms with E-state index < -0.39 is 17.2 Å². The van der Waals surface area contributed by atoms with Gasteiger partial charge in [-0.2, -0.15) is 0 Å². The van der Waals surface area contributed by atoms with E-state index in [0.717, 1.165) is 24.2 Å². The summed E-state index contributed by atoms with van der Waals surface area (Å²) >= 11 is 3.55. The number of hydrogen-bond acceptors (Lipinski definition) is 11. The lowest BCUT2D eigenvalue weighted by Crippen LogP contribution is -2.25. The summed E-state index contributed by atoms with van der Waals surface area (Å²) in [5.41, 5.74) is 0.529. The summed E-state index contributed by atoms with van der Waals surface area (Å²) < 4.78 is 12.2. The highest BCUT2D eigenvalue weighted by atomic mass is 32.2. The number of ether oxygens (including phenoxy) is 2. The fourth-order valence-corrected chi connectivity index (χ4v) is 6.22. The molecule has 0 unspecified atom stereocenters. The molecule has 0 spiro atoms. The van der Waals surface area contributed by atoms with Gasteiger partial charge in [-0.15, -0.1) is 32.9 Å². The highest BCUT2D eigenvalue weighted by Crippen LogP contribution is 2.35. The molecule has 3 heterocycles. The van der Waals surface area contributed by atoms with Crippen LogP contribution in [0.3, 0.4) is 0 Å². The molecular formula is C26H33N5O6S3. The average molecular weight is 608 g/mol. The lowest BCUT2D eigenvalue weighted by molar-refractivity contribution is -0.115. The molecular weight excluding hydrogens is 575 g/mol. The third-order valence-corrected chi connectivity index (χ3v) is 8.79. The van der Waals surface area contributed by atoms with Crippen molar-refractivity contribution in [2.45, 2.75) is 71.0 Å². The van der Waals surface area contributed by atoms with Gasteiger partial charge in [0.15, 0.2) is 11.0 Å². The Morgan fingerprint density at radius 3 is 2.48 bits per heavy atom. The number of unbranched alkanes of at least 4 members (excludes halogenated alkanes) is 1. The topological polar surface area (TPSA) is 142 Å². The molecule has 0 aliphatic carbocycles. The van der Waals surface area contributed by atoms with Crippen molar-refractivity contribution < 1.29 is 28.7 Å². The smallest absolute Gasteiger partial charge is 0.348 e. The van der Waals surface area contributed by atoms with Crippen molar-refractivity contribution in [3.8, 4) is 0 Å². The van der Waals surface area contributed by atoms with Crippen LogP contribution in [0, 0.1) is 6.92 Å². The molecule has 2 amide bonds. The third kappa shape index (κ3) is 7.70. The van der Waals surface area contributed by atoms with Crippen LogP contribution in [0.4, 0.5) is 5.00 Å². The highest BCUT2D eigenvalue weighted by molar-refractivity contribution is 8.00. The molecule has 0 fully saturated rings. The van der Waals surface area contributed by atoms with E-state index in [1.165, 1.54) is 23.1 Å².